The maximum absolute atomic E-state index is 12.5. The number of aliphatic hydroxyl groups is 1. The molecule has 0 bridgehead atoms. The van der Waals surface area contributed by atoms with Gasteiger partial charge in [-0.25, -0.2) is 4.79 Å². The smallest absolute Gasteiger partial charge is 0.410 e. The molecule has 3 heterocycles. The van der Waals surface area contributed by atoms with Crippen LogP contribution in [-0.4, -0.2) is 89.5 Å². The molecule has 0 aromatic carbocycles. The first kappa shape index (κ1) is 22.8. The SMILES string of the molecule is CC(C)CCC(=O)N1CCC2(CC1)OCC[C@@](C)(NC(=O)CN1CCOC1=O)[C@@H]2O. The van der Waals surface area contributed by atoms with Crippen LogP contribution in [0.25, 0.3) is 0 Å². The first-order chi connectivity index (χ1) is 14.2. The highest BCUT2D eigenvalue weighted by molar-refractivity contribution is 5.83. The summed E-state index contributed by atoms with van der Waals surface area (Å²) in [5.74, 6) is 0.312. The van der Waals surface area contributed by atoms with Crippen LogP contribution in [0.2, 0.25) is 0 Å². The minimum Gasteiger partial charge on any atom is -0.448 e. The van der Waals surface area contributed by atoms with Gasteiger partial charge in [0.1, 0.15) is 19.3 Å². The van der Waals surface area contributed by atoms with Crippen LogP contribution >= 0.6 is 0 Å². The molecule has 0 aliphatic carbocycles. The summed E-state index contributed by atoms with van der Waals surface area (Å²) >= 11 is 0. The molecule has 1 spiro atoms. The summed E-state index contributed by atoms with van der Waals surface area (Å²) in [7, 11) is 0. The van der Waals surface area contributed by atoms with Gasteiger partial charge in [-0.3, -0.25) is 14.5 Å². The van der Waals surface area contributed by atoms with Gasteiger partial charge in [-0.15, -0.1) is 0 Å². The third kappa shape index (κ3) is 4.88. The van der Waals surface area contributed by atoms with Gasteiger partial charge in [0.2, 0.25) is 11.8 Å². The summed E-state index contributed by atoms with van der Waals surface area (Å²) in [5, 5.41) is 14.1. The Kier molecular flexibility index (Phi) is 6.91. The van der Waals surface area contributed by atoms with Gasteiger partial charge < -0.3 is 24.8 Å². The molecule has 3 fully saturated rings. The van der Waals surface area contributed by atoms with Crippen LogP contribution in [0.5, 0.6) is 0 Å². The molecule has 3 aliphatic heterocycles. The van der Waals surface area contributed by atoms with Gasteiger partial charge in [0.05, 0.1) is 17.7 Å². The Bertz CT molecular complexity index is 661. The molecule has 0 radical (unpaired) electrons. The van der Waals surface area contributed by atoms with Crippen LogP contribution in [0.3, 0.4) is 0 Å². The third-order valence-corrected chi connectivity index (χ3v) is 6.62. The highest BCUT2D eigenvalue weighted by Crippen LogP contribution is 2.40. The van der Waals surface area contributed by atoms with Crippen molar-refractivity contribution in [1.82, 2.24) is 15.1 Å². The van der Waals surface area contributed by atoms with E-state index >= 15 is 0 Å². The maximum atomic E-state index is 12.5. The number of cyclic esters (lactones) is 1. The lowest BCUT2D eigenvalue weighted by molar-refractivity contribution is -0.208. The van der Waals surface area contributed by atoms with Crippen LogP contribution < -0.4 is 5.32 Å². The minimum atomic E-state index is -0.902. The molecular formula is C21H35N3O6. The molecule has 3 amide bonds. The predicted molar refractivity (Wildman–Crippen MR) is 109 cm³/mol. The quantitative estimate of drug-likeness (QED) is 0.654. The minimum absolute atomic E-state index is 0.0901. The van der Waals surface area contributed by atoms with Crippen molar-refractivity contribution >= 4 is 17.9 Å². The van der Waals surface area contributed by atoms with Crippen LogP contribution in [-0.2, 0) is 19.1 Å². The van der Waals surface area contributed by atoms with Crippen molar-refractivity contribution in [3.05, 3.63) is 0 Å². The molecule has 0 aromatic heterocycles. The number of piperidine rings is 1. The van der Waals surface area contributed by atoms with Gasteiger partial charge in [-0.2, -0.15) is 0 Å². The largest absolute Gasteiger partial charge is 0.448 e. The van der Waals surface area contributed by atoms with Crippen molar-refractivity contribution in [3.8, 4) is 0 Å². The Morgan fingerprint density at radius 2 is 1.90 bits per heavy atom. The number of hydrogen-bond donors (Lipinski definition) is 2. The summed E-state index contributed by atoms with van der Waals surface area (Å²) in [6.07, 6.45) is 1.56. The van der Waals surface area contributed by atoms with E-state index in [4.69, 9.17) is 9.47 Å². The van der Waals surface area contributed by atoms with Crippen LogP contribution in [0, 0.1) is 5.92 Å². The average Bonchev–Trinajstić information content (AvgIpc) is 3.09. The van der Waals surface area contributed by atoms with E-state index < -0.39 is 23.3 Å². The lowest BCUT2D eigenvalue weighted by Crippen LogP contribution is -2.69. The second-order valence-electron chi connectivity index (χ2n) is 9.38. The number of nitrogens with one attached hydrogen (secondary N) is 1. The Labute approximate surface area is 178 Å². The van der Waals surface area contributed by atoms with Gasteiger partial charge in [0.25, 0.3) is 0 Å². The third-order valence-electron chi connectivity index (χ3n) is 6.62. The summed E-state index contributed by atoms with van der Waals surface area (Å²) in [5.41, 5.74) is -1.63. The summed E-state index contributed by atoms with van der Waals surface area (Å²) in [4.78, 5) is 39.8. The van der Waals surface area contributed by atoms with E-state index in [1.807, 2.05) is 11.8 Å². The van der Waals surface area contributed by atoms with E-state index in [-0.39, 0.29) is 25.0 Å². The Hall–Kier alpha value is -1.87. The van der Waals surface area contributed by atoms with Crippen LogP contribution in [0.4, 0.5) is 4.79 Å². The number of likely N-dealkylation sites (tertiary alicyclic amines) is 1. The number of rotatable bonds is 6. The first-order valence-electron chi connectivity index (χ1n) is 11.0. The van der Waals surface area contributed by atoms with Crippen molar-refractivity contribution < 1.29 is 29.0 Å². The molecule has 9 nitrogen and oxygen atoms in total. The van der Waals surface area contributed by atoms with Gasteiger partial charge in [-0.05, 0) is 38.5 Å². The standard InChI is InChI=1S/C21H35N3O6/c1-15(2)4-5-17(26)23-9-6-21(7-10-23)18(27)20(3,8-12-30-21)22-16(25)14-24-11-13-29-19(24)28/h15,18,27H,4-14H2,1-3H3,(H,22,25)/t18-,20+/m0/s1. The number of ether oxygens (including phenoxy) is 2. The van der Waals surface area contributed by atoms with Crippen molar-refractivity contribution in [3.63, 3.8) is 0 Å². The molecule has 0 unspecified atom stereocenters. The fourth-order valence-corrected chi connectivity index (χ4v) is 4.62. The van der Waals surface area contributed by atoms with Gasteiger partial charge in [-0.1, -0.05) is 13.8 Å². The van der Waals surface area contributed by atoms with Crippen LogP contribution in [0.1, 0.15) is 52.9 Å². The van der Waals surface area contributed by atoms with Crippen LogP contribution in [0.15, 0.2) is 0 Å². The highest BCUT2D eigenvalue weighted by atomic mass is 16.6. The number of aliphatic hydroxyl groups excluding tert-OH is 1. The second-order valence-corrected chi connectivity index (χ2v) is 9.38. The zero-order chi connectivity index (χ0) is 21.9. The molecule has 2 N–H and O–H groups in total. The molecular weight excluding hydrogens is 390 g/mol. The van der Waals surface area contributed by atoms with E-state index in [0.717, 1.165) is 6.42 Å². The lowest BCUT2D eigenvalue weighted by atomic mass is 9.73. The van der Waals surface area contributed by atoms with Crippen molar-refractivity contribution in [2.24, 2.45) is 5.92 Å². The summed E-state index contributed by atoms with van der Waals surface area (Å²) < 4.78 is 10.9. The molecule has 3 saturated heterocycles. The summed E-state index contributed by atoms with van der Waals surface area (Å²) in [6.45, 7) is 8.11. The number of carbonyl (C=O) groups excluding carboxylic acids is 3. The Morgan fingerprint density at radius 1 is 1.20 bits per heavy atom. The zero-order valence-corrected chi connectivity index (χ0v) is 18.3. The van der Waals surface area contributed by atoms with E-state index in [1.165, 1.54) is 4.90 Å². The molecule has 9 heteroatoms. The first-order valence-corrected chi connectivity index (χ1v) is 11.0. The molecule has 0 saturated carbocycles. The number of carbonyl (C=O) groups is 3. The highest BCUT2D eigenvalue weighted by Gasteiger charge is 2.54. The van der Waals surface area contributed by atoms with Gasteiger partial charge in [0.15, 0.2) is 0 Å². The van der Waals surface area contributed by atoms with Crippen molar-refractivity contribution in [2.75, 3.05) is 39.4 Å². The van der Waals surface area contributed by atoms with Crippen molar-refractivity contribution in [1.29, 1.82) is 0 Å². The fourth-order valence-electron chi connectivity index (χ4n) is 4.62. The molecule has 30 heavy (non-hydrogen) atoms. The Morgan fingerprint density at radius 3 is 2.50 bits per heavy atom. The predicted octanol–water partition coefficient (Wildman–Crippen LogP) is 0.892. The normalized spacial score (nSPS) is 28.7. The second kappa shape index (κ2) is 9.09. The molecule has 0 aromatic rings. The number of amides is 3. The van der Waals surface area contributed by atoms with E-state index in [2.05, 4.69) is 19.2 Å². The molecule has 2 atom stereocenters. The van der Waals surface area contributed by atoms with E-state index in [0.29, 0.717) is 57.8 Å². The van der Waals surface area contributed by atoms with Gasteiger partial charge in [0, 0.05) is 26.1 Å². The number of nitrogens with zero attached hydrogens (tertiary/aromatic N) is 2. The Balaban J connectivity index is 1.57. The topological polar surface area (TPSA) is 108 Å². The number of hydrogen-bond acceptors (Lipinski definition) is 6. The monoisotopic (exact) mass is 425 g/mol. The van der Waals surface area contributed by atoms with E-state index in [1.54, 1.807) is 0 Å². The molecule has 3 aliphatic rings. The lowest BCUT2D eigenvalue weighted by Gasteiger charge is -2.53. The maximum Gasteiger partial charge on any atom is 0.410 e. The fraction of sp³-hybridized carbons (Fsp3) is 0.857. The zero-order valence-electron chi connectivity index (χ0n) is 18.3. The molecule has 170 valence electrons. The molecule has 3 rings (SSSR count). The van der Waals surface area contributed by atoms with Crippen molar-refractivity contribution in [2.45, 2.75) is 70.1 Å². The van der Waals surface area contributed by atoms with E-state index in [9.17, 15) is 19.5 Å². The van der Waals surface area contributed by atoms with Gasteiger partial charge >= 0.3 is 6.09 Å². The average molecular weight is 426 g/mol. The summed E-state index contributed by atoms with van der Waals surface area (Å²) in [6, 6.07) is 0.